The molecule has 0 aromatic heterocycles. The Bertz CT molecular complexity index is 375. The first-order chi connectivity index (χ1) is 9.13. The van der Waals surface area contributed by atoms with Crippen LogP contribution in [-0.4, -0.2) is 31.1 Å². The summed E-state index contributed by atoms with van der Waals surface area (Å²) in [5, 5.41) is 0. The van der Waals surface area contributed by atoms with Crippen molar-refractivity contribution in [1.82, 2.24) is 4.90 Å². The van der Waals surface area contributed by atoms with Gasteiger partial charge in [-0.1, -0.05) is 38.5 Å². The minimum absolute atomic E-state index is 0.0929. The van der Waals surface area contributed by atoms with Crippen LogP contribution in [0.3, 0.4) is 0 Å². The molecule has 1 unspecified atom stereocenters. The summed E-state index contributed by atoms with van der Waals surface area (Å²) < 4.78 is 5.43. The lowest BCUT2D eigenvalue weighted by molar-refractivity contribution is 0.101. The predicted octanol–water partition coefficient (Wildman–Crippen LogP) is 3.03. The predicted molar refractivity (Wildman–Crippen MR) is 81.4 cm³/mol. The SMILES string of the molecule is CCCC(CC)(CN)N(C)Cc1ccccc1OC. The van der Waals surface area contributed by atoms with Crippen LogP contribution in [0.2, 0.25) is 0 Å². The number of nitrogens with zero attached hydrogens (tertiary/aromatic N) is 1. The van der Waals surface area contributed by atoms with E-state index in [4.69, 9.17) is 10.5 Å². The van der Waals surface area contributed by atoms with Gasteiger partial charge in [0.25, 0.3) is 0 Å². The van der Waals surface area contributed by atoms with Crippen LogP contribution < -0.4 is 10.5 Å². The van der Waals surface area contributed by atoms with Gasteiger partial charge in [-0.05, 0) is 26.0 Å². The second-order valence-electron chi connectivity index (χ2n) is 5.20. The monoisotopic (exact) mass is 264 g/mol. The number of hydrogen-bond donors (Lipinski definition) is 1. The number of ether oxygens (including phenoxy) is 1. The lowest BCUT2D eigenvalue weighted by Crippen LogP contribution is -2.51. The van der Waals surface area contributed by atoms with Crippen molar-refractivity contribution in [2.45, 2.75) is 45.2 Å². The normalized spacial score (nSPS) is 14.4. The van der Waals surface area contributed by atoms with Gasteiger partial charge < -0.3 is 10.5 Å². The molecule has 0 saturated carbocycles. The molecule has 0 spiro atoms. The number of para-hydroxylation sites is 1. The van der Waals surface area contributed by atoms with E-state index >= 15 is 0 Å². The van der Waals surface area contributed by atoms with Crippen LogP contribution in [0.1, 0.15) is 38.7 Å². The molecule has 0 aliphatic carbocycles. The first kappa shape index (κ1) is 16.0. The van der Waals surface area contributed by atoms with Gasteiger partial charge in [0.15, 0.2) is 0 Å². The van der Waals surface area contributed by atoms with Crippen molar-refractivity contribution in [2.24, 2.45) is 5.73 Å². The number of hydrogen-bond acceptors (Lipinski definition) is 3. The van der Waals surface area contributed by atoms with Crippen molar-refractivity contribution in [1.29, 1.82) is 0 Å². The standard InChI is InChI=1S/C16H28N2O/c1-5-11-16(6-2,13-17)18(3)12-14-9-7-8-10-15(14)19-4/h7-10H,5-6,11-13,17H2,1-4H3. The van der Waals surface area contributed by atoms with Crippen molar-refractivity contribution in [3.63, 3.8) is 0 Å². The Hall–Kier alpha value is -1.06. The average Bonchev–Trinajstić information content (AvgIpc) is 2.45. The molecule has 19 heavy (non-hydrogen) atoms. The van der Waals surface area contributed by atoms with Crippen LogP contribution in [0.25, 0.3) is 0 Å². The summed E-state index contributed by atoms with van der Waals surface area (Å²) in [6.07, 6.45) is 3.36. The molecule has 3 heteroatoms. The van der Waals surface area contributed by atoms with E-state index in [9.17, 15) is 0 Å². The topological polar surface area (TPSA) is 38.5 Å². The van der Waals surface area contributed by atoms with Crippen LogP contribution in [0, 0.1) is 0 Å². The highest BCUT2D eigenvalue weighted by Gasteiger charge is 2.30. The summed E-state index contributed by atoms with van der Waals surface area (Å²) >= 11 is 0. The molecule has 0 saturated heterocycles. The second-order valence-corrected chi connectivity index (χ2v) is 5.20. The molecule has 0 bridgehead atoms. The second kappa shape index (κ2) is 7.51. The summed E-state index contributed by atoms with van der Waals surface area (Å²) in [5.74, 6) is 0.952. The van der Waals surface area contributed by atoms with Gasteiger partial charge in [-0.3, -0.25) is 4.90 Å². The lowest BCUT2D eigenvalue weighted by atomic mass is 9.88. The summed E-state index contributed by atoms with van der Waals surface area (Å²) in [7, 11) is 3.89. The molecule has 0 radical (unpaired) electrons. The summed E-state index contributed by atoms with van der Waals surface area (Å²) in [6.45, 7) is 6.01. The first-order valence-corrected chi connectivity index (χ1v) is 7.16. The number of benzene rings is 1. The zero-order chi connectivity index (χ0) is 14.3. The fraction of sp³-hybridized carbons (Fsp3) is 0.625. The molecule has 0 aliphatic rings. The highest BCUT2D eigenvalue weighted by Crippen LogP contribution is 2.27. The fourth-order valence-corrected chi connectivity index (χ4v) is 2.76. The molecule has 1 atom stereocenters. The van der Waals surface area contributed by atoms with E-state index in [0.29, 0.717) is 6.54 Å². The molecule has 0 amide bonds. The van der Waals surface area contributed by atoms with Crippen LogP contribution in [0.15, 0.2) is 24.3 Å². The highest BCUT2D eigenvalue weighted by molar-refractivity contribution is 5.33. The fourth-order valence-electron chi connectivity index (χ4n) is 2.76. The Morgan fingerprint density at radius 2 is 1.95 bits per heavy atom. The third kappa shape index (κ3) is 3.71. The highest BCUT2D eigenvalue weighted by atomic mass is 16.5. The quantitative estimate of drug-likeness (QED) is 0.784. The molecule has 0 heterocycles. The average molecular weight is 264 g/mol. The molecule has 0 aliphatic heterocycles. The van der Waals surface area contributed by atoms with E-state index in [1.165, 1.54) is 5.56 Å². The van der Waals surface area contributed by atoms with E-state index in [1.807, 2.05) is 12.1 Å². The van der Waals surface area contributed by atoms with Gasteiger partial charge >= 0.3 is 0 Å². The number of nitrogens with two attached hydrogens (primary N) is 1. The van der Waals surface area contributed by atoms with Crippen LogP contribution in [0.4, 0.5) is 0 Å². The maximum atomic E-state index is 6.06. The number of methoxy groups -OCH3 is 1. The van der Waals surface area contributed by atoms with Crippen LogP contribution in [-0.2, 0) is 6.54 Å². The van der Waals surface area contributed by atoms with E-state index < -0.39 is 0 Å². The van der Waals surface area contributed by atoms with Gasteiger partial charge in [0.2, 0.25) is 0 Å². The summed E-state index contributed by atoms with van der Waals surface area (Å²) in [4.78, 5) is 2.38. The maximum absolute atomic E-state index is 6.06. The van der Waals surface area contributed by atoms with Gasteiger partial charge in [0.1, 0.15) is 5.75 Å². The molecule has 1 rings (SSSR count). The van der Waals surface area contributed by atoms with Gasteiger partial charge in [0, 0.05) is 24.2 Å². The zero-order valence-corrected chi connectivity index (χ0v) is 12.8. The largest absolute Gasteiger partial charge is 0.496 e. The van der Waals surface area contributed by atoms with Crippen molar-refractivity contribution in [3.05, 3.63) is 29.8 Å². The minimum Gasteiger partial charge on any atom is -0.496 e. The summed E-state index contributed by atoms with van der Waals surface area (Å²) in [5.41, 5.74) is 7.37. The smallest absolute Gasteiger partial charge is 0.123 e. The molecule has 3 nitrogen and oxygen atoms in total. The first-order valence-electron chi connectivity index (χ1n) is 7.16. The van der Waals surface area contributed by atoms with Gasteiger partial charge in [0.05, 0.1) is 7.11 Å². The van der Waals surface area contributed by atoms with Crippen molar-refractivity contribution in [3.8, 4) is 5.75 Å². The maximum Gasteiger partial charge on any atom is 0.123 e. The Morgan fingerprint density at radius 3 is 2.47 bits per heavy atom. The number of likely N-dealkylation sites (N-methyl/N-ethyl adjacent to an activating group) is 1. The van der Waals surface area contributed by atoms with Crippen molar-refractivity contribution in [2.75, 3.05) is 20.7 Å². The molecule has 0 fully saturated rings. The van der Waals surface area contributed by atoms with Crippen LogP contribution in [0.5, 0.6) is 5.75 Å². The Labute approximate surface area is 117 Å². The van der Waals surface area contributed by atoms with E-state index in [0.717, 1.165) is 31.6 Å². The molecule has 108 valence electrons. The van der Waals surface area contributed by atoms with E-state index in [1.54, 1.807) is 7.11 Å². The molecular formula is C16H28N2O. The third-order valence-corrected chi connectivity index (χ3v) is 4.16. The molecular weight excluding hydrogens is 236 g/mol. The Balaban J connectivity index is 2.89. The van der Waals surface area contributed by atoms with E-state index in [2.05, 4.69) is 37.9 Å². The van der Waals surface area contributed by atoms with Gasteiger partial charge in [-0.25, -0.2) is 0 Å². The number of rotatable bonds is 8. The Morgan fingerprint density at radius 1 is 1.26 bits per heavy atom. The van der Waals surface area contributed by atoms with Crippen LogP contribution >= 0.6 is 0 Å². The Kier molecular flexibility index (Phi) is 6.32. The lowest BCUT2D eigenvalue weighted by Gasteiger charge is -2.41. The van der Waals surface area contributed by atoms with Gasteiger partial charge in [-0.15, -0.1) is 0 Å². The molecule has 2 N–H and O–H groups in total. The van der Waals surface area contributed by atoms with Crippen molar-refractivity contribution >= 4 is 0 Å². The molecule has 1 aromatic carbocycles. The van der Waals surface area contributed by atoms with Gasteiger partial charge in [-0.2, -0.15) is 0 Å². The zero-order valence-electron chi connectivity index (χ0n) is 12.8. The van der Waals surface area contributed by atoms with E-state index in [-0.39, 0.29) is 5.54 Å². The molecule has 1 aromatic rings. The third-order valence-electron chi connectivity index (χ3n) is 4.16. The van der Waals surface area contributed by atoms with Crippen molar-refractivity contribution < 1.29 is 4.74 Å². The summed E-state index contributed by atoms with van der Waals surface area (Å²) in [6, 6.07) is 8.20. The minimum atomic E-state index is 0.0929.